The van der Waals surface area contributed by atoms with E-state index in [1.165, 1.54) is 23.8 Å². The molecule has 0 atom stereocenters. The minimum absolute atomic E-state index is 0.0881. The predicted octanol–water partition coefficient (Wildman–Crippen LogP) is 9.06. The molecule has 4 aromatic rings. The molecule has 0 saturated heterocycles. The van der Waals surface area contributed by atoms with Gasteiger partial charge in [0.1, 0.15) is 11.6 Å². The number of halogens is 5. The van der Waals surface area contributed by atoms with Crippen LogP contribution < -0.4 is 4.74 Å². The fourth-order valence-electron chi connectivity index (χ4n) is 4.03. The highest BCUT2D eigenvalue weighted by Gasteiger charge is 2.17. The Morgan fingerprint density at radius 2 is 1.17 bits per heavy atom. The van der Waals surface area contributed by atoms with Gasteiger partial charge >= 0.3 is 0 Å². The summed E-state index contributed by atoms with van der Waals surface area (Å²) in [5.74, 6) is -4.50. The van der Waals surface area contributed by atoms with Gasteiger partial charge < -0.3 is 4.74 Å². The third kappa shape index (κ3) is 5.48. The van der Waals surface area contributed by atoms with Crippen molar-refractivity contribution in [3.05, 3.63) is 114 Å². The van der Waals surface area contributed by atoms with Crippen molar-refractivity contribution < 1.29 is 26.7 Å². The van der Waals surface area contributed by atoms with Gasteiger partial charge in [0.2, 0.25) is 6.86 Å². The van der Waals surface area contributed by atoms with Gasteiger partial charge in [-0.25, -0.2) is 22.0 Å². The molecular formula is C30H23F5O. The van der Waals surface area contributed by atoms with E-state index in [9.17, 15) is 17.6 Å². The average molecular weight is 495 g/mol. The zero-order valence-corrected chi connectivity index (χ0v) is 19.5. The Bertz CT molecular complexity index is 1370. The average Bonchev–Trinajstić information content (AvgIpc) is 2.86. The molecule has 184 valence electrons. The second kappa shape index (κ2) is 11.2. The van der Waals surface area contributed by atoms with Crippen molar-refractivity contribution in [3.8, 4) is 39.1 Å². The number of hydrogen-bond acceptors (Lipinski definition) is 1. The second-order valence-electron chi connectivity index (χ2n) is 8.22. The van der Waals surface area contributed by atoms with Gasteiger partial charge in [0.05, 0.1) is 0 Å². The highest BCUT2D eigenvalue weighted by molar-refractivity contribution is 5.74. The third-order valence-electron chi connectivity index (χ3n) is 5.88. The summed E-state index contributed by atoms with van der Waals surface area (Å²) >= 11 is 0. The molecule has 0 aliphatic carbocycles. The van der Waals surface area contributed by atoms with Crippen LogP contribution in [0.5, 0.6) is 5.75 Å². The van der Waals surface area contributed by atoms with Crippen LogP contribution in [-0.4, -0.2) is 6.86 Å². The Labute approximate surface area is 206 Å². The predicted molar refractivity (Wildman–Crippen MR) is 132 cm³/mol. The summed E-state index contributed by atoms with van der Waals surface area (Å²) in [5.41, 5.74) is 3.03. The van der Waals surface area contributed by atoms with Crippen molar-refractivity contribution in [2.24, 2.45) is 0 Å². The topological polar surface area (TPSA) is 9.23 Å². The Morgan fingerprint density at radius 3 is 1.75 bits per heavy atom. The minimum Gasteiger partial charge on any atom is -0.457 e. The van der Waals surface area contributed by atoms with Gasteiger partial charge in [-0.1, -0.05) is 60.7 Å². The van der Waals surface area contributed by atoms with E-state index in [1.54, 1.807) is 12.1 Å². The van der Waals surface area contributed by atoms with Crippen LogP contribution in [0.2, 0.25) is 0 Å². The summed E-state index contributed by atoms with van der Waals surface area (Å²) in [5, 5.41) is 0. The van der Waals surface area contributed by atoms with Gasteiger partial charge in [0, 0.05) is 11.1 Å². The summed E-state index contributed by atoms with van der Waals surface area (Å²) in [7, 11) is 0. The molecule has 0 N–H and O–H groups in total. The molecule has 0 fully saturated rings. The first-order valence-electron chi connectivity index (χ1n) is 11.4. The fraction of sp³-hybridized carbons (Fsp3) is 0.133. The molecule has 6 heteroatoms. The van der Waals surface area contributed by atoms with Crippen molar-refractivity contribution in [1.82, 2.24) is 0 Å². The SMILES string of the molecule is C/C=C/CCc1ccc(-c2ccc(-c3ccc(-c4cc(F)c(OCF)c(F)c4)c(F)c3)c(F)c2)cc1. The number of rotatable bonds is 8. The fourth-order valence-corrected chi connectivity index (χ4v) is 4.03. The first kappa shape index (κ1) is 25.2. The quantitative estimate of drug-likeness (QED) is 0.175. The second-order valence-corrected chi connectivity index (χ2v) is 8.22. The molecule has 0 bridgehead atoms. The van der Waals surface area contributed by atoms with E-state index in [0.717, 1.165) is 36.6 Å². The van der Waals surface area contributed by atoms with Crippen molar-refractivity contribution in [2.75, 3.05) is 6.86 Å². The highest BCUT2D eigenvalue weighted by Crippen LogP contribution is 2.34. The lowest BCUT2D eigenvalue weighted by atomic mass is 9.96. The van der Waals surface area contributed by atoms with Crippen LogP contribution in [0.4, 0.5) is 22.0 Å². The Kier molecular flexibility index (Phi) is 7.84. The lowest BCUT2D eigenvalue weighted by Crippen LogP contribution is -1.98. The first-order chi connectivity index (χ1) is 17.4. The molecular weight excluding hydrogens is 471 g/mol. The first-order valence-corrected chi connectivity index (χ1v) is 11.4. The van der Waals surface area contributed by atoms with Crippen LogP contribution in [0.1, 0.15) is 18.9 Å². The molecule has 0 saturated carbocycles. The summed E-state index contributed by atoms with van der Waals surface area (Å²) in [6.45, 7) is 0.584. The maximum atomic E-state index is 15.0. The molecule has 0 heterocycles. The Hall–Kier alpha value is -3.93. The molecule has 1 nitrogen and oxygen atoms in total. The largest absolute Gasteiger partial charge is 0.457 e. The number of ether oxygens (including phenoxy) is 1. The van der Waals surface area contributed by atoms with E-state index in [2.05, 4.69) is 10.8 Å². The normalized spacial score (nSPS) is 11.3. The third-order valence-corrected chi connectivity index (χ3v) is 5.88. The molecule has 4 aromatic carbocycles. The molecule has 36 heavy (non-hydrogen) atoms. The number of allylic oxidation sites excluding steroid dienone is 2. The van der Waals surface area contributed by atoms with Gasteiger partial charge in [-0.05, 0) is 71.8 Å². The zero-order valence-electron chi connectivity index (χ0n) is 19.5. The molecule has 0 aliphatic rings. The minimum atomic E-state index is -1.40. The van der Waals surface area contributed by atoms with Crippen LogP contribution in [0.25, 0.3) is 33.4 Å². The van der Waals surface area contributed by atoms with Crippen LogP contribution in [0.15, 0.2) is 84.9 Å². The van der Waals surface area contributed by atoms with E-state index >= 15 is 4.39 Å². The van der Waals surface area contributed by atoms with Gasteiger partial charge in [0.25, 0.3) is 0 Å². The van der Waals surface area contributed by atoms with Gasteiger partial charge in [-0.3, -0.25) is 0 Å². The van der Waals surface area contributed by atoms with Crippen molar-refractivity contribution in [1.29, 1.82) is 0 Å². The number of aryl methyl sites for hydroxylation is 1. The molecule has 0 amide bonds. The van der Waals surface area contributed by atoms with Gasteiger partial charge in [-0.15, -0.1) is 0 Å². The van der Waals surface area contributed by atoms with E-state index in [4.69, 9.17) is 0 Å². The number of benzene rings is 4. The standard InChI is InChI=1S/C30H23F5O/c1-2-3-4-5-19-6-8-20(9-7-19)21-10-12-24(26(32)14-21)22-11-13-25(27(33)15-22)23-16-28(34)30(36-18-31)29(35)17-23/h2-3,6-17H,4-5,18H2,1H3/b3-2+. The van der Waals surface area contributed by atoms with Gasteiger partial charge in [-0.2, -0.15) is 0 Å². The maximum absolute atomic E-state index is 15.0. The lowest BCUT2D eigenvalue weighted by Gasteiger charge is -2.11. The Morgan fingerprint density at radius 1 is 0.639 bits per heavy atom. The molecule has 0 radical (unpaired) electrons. The van der Waals surface area contributed by atoms with E-state index in [1.807, 2.05) is 37.3 Å². The smallest absolute Gasteiger partial charge is 0.228 e. The van der Waals surface area contributed by atoms with Crippen LogP contribution in [0, 0.1) is 23.3 Å². The van der Waals surface area contributed by atoms with E-state index in [-0.39, 0.29) is 22.3 Å². The molecule has 0 spiro atoms. The molecule has 4 rings (SSSR count). The Balaban J connectivity index is 1.58. The van der Waals surface area contributed by atoms with E-state index < -0.39 is 35.9 Å². The number of alkyl halides is 1. The lowest BCUT2D eigenvalue weighted by molar-refractivity contribution is 0.176. The monoisotopic (exact) mass is 494 g/mol. The molecule has 0 aromatic heterocycles. The summed E-state index contributed by atoms with van der Waals surface area (Å²) in [6, 6.07) is 18.2. The molecule has 0 aliphatic heterocycles. The molecule has 0 unspecified atom stereocenters. The number of hydrogen-bond donors (Lipinski definition) is 0. The van der Waals surface area contributed by atoms with Crippen molar-refractivity contribution in [2.45, 2.75) is 19.8 Å². The zero-order chi connectivity index (χ0) is 25.7. The summed E-state index contributed by atoms with van der Waals surface area (Å²) < 4.78 is 74.7. The summed E-state index contributed by atoms with van der Waals surface area (Å²) in [6.07, 6.45) is 6.00. The van der Waals surface area contributed by atoms with Crippen LogP contribution in [-0.2, 0) is 6.42 Å². The van der Waals surface area contributed by atoms with Gasteiger partial charge in [0.15, 0.2) is 17.4 Å². The van der Waals surface area contributed by atoms with Crippen molar-refractivity contribution in [3.63, 3.8) is 0 Å². The highest BCUT2D eigenvalue weighted by atomic mass is 19.2. The van der Waals surface area contributed by atoms with Crippen molar-refractivity contribution >= 4 is 0 Å². The summed E-state index contributed by atoms with van der Waals surface area (Å²) in [4.78, 5) is 0. The van der Waals surface area contributed by atoms with E-state index in [0.29, 0.717) is 5.56 Å². The van der Waals surface area contributed by atoms with Crippen LogP contribution >= 0.6 is 0 Å². The van der Waals surface area contributed by atoms with Crippen LogP contribution in [0.3, 0.4) is 0 Å². The maximum Gasteiger partial charge on any atom is 0.228 e.